The van der Waals surface area contributed by atoms with Crippen LogP contribution in [0.1, 0.15) is 68.9 Å². The van der Waals surface area contributed by atoms with E-state index in [4.69, 9.17) is 20.0 Å². The Bertz CT molecular complexity index is 1150. The zero-order valence-corrected chi connectivity index (χ0v) is 27.4. The second-order valence-corrected chi connectivity index (χ2v) is 11.0. The normalized spacial score (nSPS) is 11.9. The number of rotatable bonds is 16. The summed E-state index contributed by atoms with van der Waals surface area (Å²) in [5.41, 5.74) is 10.6. The average molecular weight is 628 g/mol. The molecule has 0 spiro atoms. The Morgan fingerprint density at radius 3 is 2.13 bits per heavy atom. The van der Waals surface area contributed by atoms with Crippen molar-refractivity contribution in [2.75, 3.05) is 6.79 Å². The van der Waals surface area contributed by atoms with Crippen molar-refractivity contribution < 1.29 is 33.4 Å². The van der Waals surface area contributed by atoms with Crippen LogP contribution in [-0.2, 0) is 30.3 Å². The fraction of sp³-hybridized carbons (Fsp3) is 0.500. The predicted octanol–water partition coefficient (Wildman–Crippen LogP) is 3.37. The molecule has 2 rings (SSSR count). The molecule has 3 unspecified atom stereocenters. The van der Waals surface area contributed by atoms with Gasteiger partial charge in [0.05, 0.1) is 0 Å². The Kier molecular flexibility index (Phi) is 21.6. The molecule has 13 heteroatoms. The zero-order chi connectivity index (χ0) is 34.2. The van der Waals surface area contributed by atoms with Gasteiger partial charge in [0.1, 0.15) is 30.2 Å². The SMILES string of the molecule is CB(C)C.CCCCCC(=O)NC(Cc1ccc(OCOC(=O)c2ccccn2)cc1)C(=O)NC(C(N)=O)C(C)CC.NC=O. The summed E-state index contributed by atoms with van der Waals surface area (Å²) in [6.07, 6.45) is 5.53. The molecule has 12 nitrogen and oxygen atoms in total. The van der Waals surface area contributed by atoms with E-state index >= 15 is 0 Å². The van der Waals surface area contributed by atoms with E-state index in [0.717, 1.165) is 31.5 Å². The first-order chi connectivity index (χ1) is 21.4. The third-order valence-corrected chi connectivity index (χ3v) is 6.13. The highest BCUT2D eigenvalue weighted by Gasteiger charge is 2.28. The first-order valence-corrected chi connectivity index (χ1v) is 15.2. The predicted molar refractivity (Wildman–Crippen MR) is 176 cm³/mol. The van der Waals surface area contributed by atoms with Gasteiger partial charge in [-0.05, 0) is 42.2 Å². The first kappa shape index (κ1) is 40.6. The fourth-order valence-electron chi connectivity index (χ4n) is 3.66. The molecular formula is C32H50BN5O7. The highest BCUT2D eigenvalue weighted by Crippen LogP contribution is 2.15. The second kappa shape index (κ2) is 24.0. The molecule has 0 saturated carbocycles. The van der Waals surface area contributed by atoms with Crippen molar-refractivity contribution in [1.29, 1.82) is 0 Å². The maximum atomic E-state index is 13.1. The maximum Gasteiger partial charge on any atom is 0.359 e. The summed E-state index contributed by atoms with van der Waals surface area (Å²) >= 11 is 0. The molecule has 0 aliphatic carbocycles. The van der Waals surface area contributed by atoms with Gasteiger partial charge in [-0.1, -0.05) is 78.7 Å². The van der Waals surface area contributed by atoms with Crippen LogP contribution in [0.25, 0.3) is 0 Å². The van der Waals surface area contributed by atoms with Gasteiger partial charge >= 0.3 is 5.97 Å². The van der Waals surface area contributed by atoms with Crippen LogP contribution in [0, 0.1) is 5.92 Å². The Labute approximate surface area is 267 Å². The monoisotopic (exact) mass is 627 g/mol. The van der Waals surface area contributed by atoms with Gasteiger partial charge in [-0.15, -0.1) is 0 Å². The summed E-state index contributed by atoms with van der Waals surface area (Å²) in [6, 6.07) is 10.0. The number of nitrogens with zero attached hydrogens (tertiary/aromatic N) is 1. The van der Waals surface area contributed by atoms with E-state index in [9.17, 15) is 19.2 Å². The highest BCUT2D eigenvalue weighted by atomic mass is 16.7. The number of esters is 1. The number of pyridine rings is 1. The summed E-state index contributed by atoms with van der Waals surface area (Å²) in [7, 11) is 0. The smallest absolute Gasteiger partial charge is 0.359 e. The molecule has 6 N–H and O–H groups in total. The maximum absolute atomic E-state index is 13.1. The molecule has 1 heterocycles. The number of hydrogen-bond acceptors (Lipinski definition) is 8. The number of ether oxygens (including phenoxy) is 2. The molecule has 0 saturated heterocycles. The molecule has 0 fully saturated rings. The average Bonchev–Trinajstić information content (AvgIpc) is 3.00. The number of nitrogens with two attached hydrogens (primary N) is 2. The summed E-state index contributed by atoms with van der Waals surface area (Å²) < 4.78 is 10.5. The molecule has 4 amide bonds. The van der Waals surface area contributed by atoms with Crippen LogP contribution in [0.5, 0.6) is 5.75 Å². The quantitative estimate of drug-likeness (QED) is 0.0715. The molecule has 248 valence electrons. The van der Waals surface area contributed by atoms with Crippen molar-refractivity contribution in [3.8, 4) is 5.75 Å². The highest BCUT2D eigenvalue weighted by molar-refractivity contribution is 6.54. The van der Waals surface area contributed by atoms with Crippen molar-refractivity contribution in [3.05, 3.63) is 59.9 Å². The van der Waals surface area contributed by atoms with E-state index in [1.165, 1.54) is 6.20 Å². The van der Waals surface area contributed by atoms with Crippen LogP contribution in [-0.4, -0.2) is 60.7 Å². The van der Waals surface area contributed by atoms with Gasteiger partial charge in [0.2, 0.25) is 30.9 Å². The van der Waals surface area contributed by atoms with Gasteiger partial charge in [-0.2, -0.15) is 0 Å². The Hall–Kier alpha value is -4.42. The molecule has 0 bridgehead atoms. The summed E-state index contributed by atoms with van der Waals surface area (Å²) in [5.74, 6) is -1.62. The number of benzene rings is 1. The van der Waals surface area contributed by atoms with Crippen LogP contribution in [0.15, 0.2) is 48.7 Å². The van der Waals surface area contributed by atoms with E-state index < -0.39 is 29.9 Å². The third kappa shape index (κ3) is 18.8. The number of unbranched alkanes of at least 4 members (excludes halogenated alkanes) is 2. The lowest BCUT2D eigenvalue weighted by molar-refractivity contribution is -0.132. The third-order valence-electron chi connectivity index (χ3n) is 6.13. The minimum atomic E-state index is -0.888. The van der Waals surface area contributed by atoms with Gasteiger partial charge in [0.15, 0.2) is 0 Å². The van der Waals surface area contributed by atoms with Crippen molar-refractivity contribution in [3.63, 3.8) is 0 Å². The number of aromatic nitrogens is 1. The molecule has 1 aromatic heterocycles. The van der Waals surface area contributed by atoms with E-state index in [1.807, 2.05) is 20.8 Å². The molecule has 0 aliphatic rings. The largest absolute Gasteiger partial charge is 0.457 e. The standard InChI is InChI=1S/C28H38N4O6.C3H9B.CH3NO/c1-4-6-7-11-24(33)31-23(27(35)32-25(26(29)34)19(3)5-2)17-20-12-14-21(15-13-20)37-18-38-28(36)22-10-8-9-16-30-22;1-4(2)3;2-1-3/h8-10,12-16,19,23,25H,4-7,11,17-18H2,1-3H3,(H2,29,34)(H,31,33)(H,32,35);1-3H3;1H,(H2,2,3). The van der Waals surface area contributed by atoms with E-state index in [-0.39, 0.29) is 37.1 Å². The summed E-state index contributed by atoms with van der Waals surface area (Å²) in [6.45, 7) is 12.8. The van der Waals surface area contributed by atoms with Crippen LogP contribution in [0.3, 0.4) is 0 Å². The zero-order valence-electron chi connectivity index (χ0n) is 27.4. The van der Waals surface area contributed by atoms with Gasteiger partial charge < -0.3 is 31.6 Å². The molecule has 0 radical (unpaired) electrons. The lowest BCUT2D eigenvalue weighted by Gasteiger charge is -2.25. The Morgan fingerprint density at radius 1 is 1.00 bits per heavy atom. The molecule has 45 heavy (non-hydrogen) atoms. The number of carbonyl (C=O) groups is 5. The number of hydrogen-bond donors (Lipinski definition) is 4. The number of carbonyl (C=O) groups excluding carboxylic acids is 5. The molecule has 1 aromatic carbocycles. The molecule has 2 aromatic rings. The topological polar surface area (TPSA) is 193 Å². The molecular weight excluding hydrogens is 577 g/mol. The minimum Gasteiger partial charge on any atom is -0.457 e. The summed E-state index contributed by atoms with van der Waals surface area (Å²) in [5, 5.41) is 5.52. The lowest BCUT2D eigenvalue weighted by Crippen LogP contribution is -2.55. The Morgan fingerprint density at radius 2 is 1.62 bits per heavy atom. The Balaban J connectivity index is 0.00000250. The fourth-order valence-corrected chi connectivity index (χ4v) is 3.66. The van der Waals surface area contributed by atoms with Gasteiger partial charge in [0.25, 0.3) is 0 Å². The summed E-state index contributed by atoms with van der Waals surface area (Å²) in [4.78, 5) is 62.0. The van der Waals surface area contributed by atoms with Crippen molar-refractivity contribution >= 4 is 36.8 Å². The van der Waals surface area contributed by atoms with Crippen LogP contribution in [0.2, 0.25) is 20.5 Å². The second-order valence-electron chi connectivity index (χ2n) is 11.0. The number of amides is 4. The van der Waals surface area contributed by atoms with Gasteiger partial charge in [-0.25, -0.2) is 9.78 Å². The number of primary amides is 2. The lowest BCUT2D eigenvalue weighted by atomic mass is 9.58. The minimum absolute atomic E-state index is 0.152. The van der Waals surface area contributed by atoms with Crippen molar-refractivity contribution in [2.24, 2.45) is 17.4 Å². The van der Waals surface area contributed by atoms with Crippen molar-refractivity contribution in [1.82, 2.24) is 15.6 Å². The van der Waals surface area contributed by atoms with Crippen LogP contribution >= 0.6 is 0 Å². The molecule has 0 aliphatic heterocycles. The van der Waals surface area contributed by atoms with Crippen LogP contribution in [0.4, 0.5) is 0 Å². The number of nitrogens with one attached hydrogen (secondary N) is 2. The van der Waals surface area contributed by atoms with E-state index in [1.54, 1.807) is 42.5 Å². The van der Waals surface area contributed by atoms with Crippen LogP contribution < -0.4 is 26.8 Å². The van der Waals surface area contributed by atoms with Gasteiger partial charge in [0, 0.05) is 19.0 Å². The van der Waals surface area contributed by atoms with Gasteiger partial charge in [-0.3, -0.25) is 19.2 Å². The van der Waals surface area contributed by atoms with Crippen molar-refractivity contribution in [2.45, 2.75) is 91.8 Å². The van der Waals surface area contributed by atoms with E-state index in [2.05, 4.69) is 41.8 Å². The first-order valence-electron chi connectivity index (χ1n) is 15.2. The van der Waals surface area contributed by atoms with E-state index in [0.29, 0.717) is 18.6 Å². The molecule has 3 atom stereocenters.